The molecule has 1 aliphatic heterocycles. The molecule has 2 fully saturated rings. The van der Waals surface area contributed by atoms with E-state index in [2.05, 4.69) is 17.4 Å². The first-order valence-corrected chi connectivity index (χ1v) is 9.19. The molecule has 2 N–H and O–H groups in total. The third-order valence-electron chi connectivity index (χ3n) is 5.06. The average molecular weight is 361 g/mol. The van der Waals surface area contributed by atoms with Crippen molar-refractivity contribution in [1.29, 1.82) is 0 Å². The standard InChI is InChI=1S/C19H27N3O4/c1-21(13-18(23)24)11-17-12-22(8-9-26-17)19(25)20-16-7-3-6-15(10-16)14-4-2-5-14/h3,6-7,10,14,17H,2,4-5,8-9,11-13H2,1H3,(H,20,25)(H,23,24). The quantitative estimate of drug-likeness (QED) is 0.812. The van der Waals surface area contributed by atoms with Crippen molar-refractivity contribution in [3.63, 3.8) is 0 Å². The maximum atomic E-state index is 12.6. The van der Waals surface area contributed by atoms with Gasteiger partial charge in [-0.3, -0.25) is 9.69 Å². The van der Waals surface area contributed by atoms with Gasteiger partial charge < -0.3 is 20.1 Å². The van der Waals surface area contributed by atoms with Gasteiger partial charge >= 0.3 is 12.0 Å². The van der Waals surface area contributed by atoms with Crippen LogP contribution in [0.15, 0.2) is 24.3 Å². The molecular formula is C19H27N3O4. The molecule has 0 spiro atoms. The highest BCUT2D eigenvalue weighted by Gasteiger charge is 2.26. The molecule has 1 aromatic carbocycles. The van der Waals surface area contributed by atoms with Gasteiger partial charge in [-0.15, -0.1) is 0 Å². The molecular weight excluding hydrogens is 334 g/mol. The summed E-state index contributed by atoms with van der Waals surface area (Å²) in [5.74, 6) is -0.242. The van der Waals surface area contributed by atoms with E-state index in [-0.39, 0.29) is 18.7 Å². The fraction of sp³-hybridized carbons (Fsp3) is 0.579. The number of carbonyl (C=O) groups excluding carboxylic acids is 1. The lowest BCUT2D eigenvalue weighted by molar-refractivity contribution is -0.138. The molecule has 1 saturated heterocycles. The van der Waals surface area contributed by atoms with E-state index in [9.17, 15) is 9.59 Å². The van der Waals surface area contributed by atoms with Crippen molar-refractivity contribution >= 4 is 17.7 Å². The second-order valence-electron chi connectivity index (χ2n) is 7.21. The summed E-state index contributed by atoms with van der Waals surface area (Å²) in [6.45, 7) is 1.89. The Bertz CT molecular complexity index is 647. The van der Waals surface area contributed by atoms with Crippen molar-refractivity contribution in [2.24, 2.45) is 0 Å². The van der Waals surface area contributed by atoms with Crippen molar-refractivity contribution in [2.45, 2.75) is 31.3 Å². The van der Waals surface area contributed by atoms with Gasteiger partial charge in [0.2, 0.25) is 0 Å². The third kappa shape index (κ3) is 4.95. The minimum absolute atomic E-state index is 0.0417. The number of morpholine rings is 1. The van der Waals surface area contributed by atoms with Crippen LogP contribution in [0.4, 0.5) is 10.5 Å². The van der Waals surface area contributed by atoms with Crippen molar-refractivity contribution in [3.8, 4) is 0 Å². The Kier molecular flexibility index (Phi) is 6.11. The van der Waals surface area contributed by atoms with Gasteiger partial charge in [0.15, 0.2) is 0 Å². The van der Waals surface area contributed by atoms with E-state index in [1.165, 1.54) is 24.8 Å². The maximum absolute atomic E-state index is 12.6. The molecule has 1 saturated carbocycles. The Labute approximate surface area is 153 Å². The molecule has 1 heterocycles. The summed E-state index contributed by atoms with van der Waals surface area (Å²) in [4.78, 5) is 26.8. The lowest BCUT2D eigenvalue weighted by atomic mass is 9.80. The number of amides is 2. The Morgan fingerprint density at radius 3 is 2.88 bits per heavy atom. The second-order valence-corrected chi connectivity index (χ2v) is 7.21. The molecule has 7 heteroatoms. The van der Waals surface area contributed by atoms with Crippen LogP contribution in [-0.4, -0.2) is 72.8 Å². The zero-order valence-electron chi connectivity index (χ0n) is 15.2. The van der Waals surface area contributed by atoms with Crippen LogP contribution in [0, 0.1) is 0 Å². The van der Waals surface area contributed by atoms with Gasteiger partial charge in [-0.25, -0.2) is 4.79 Å². The van der Waals surface area contributed by atoms with E-state index in [4.69, 9.17) is 9.84 Å². The van der Waals surface area contributed by atoms with Crippen molar-refractivity contribution in [3.05, 3.63) is 29.8 Å². The zero-order chi connectivity index (χ0) is 18.5. The predicted molar refractivity (Wildman–Crippen MR) is 98.5 cm³/mol. The lowest BCUT2D eigenvalue weighted by Crippen LogP contribution is -2.50. The molecule has 142 valence electrons. The number of anilines is 1. The lowest BCUT2D eigenvalue weighted by Gasteiger charge is -2.34. The number of hydrogen-bond acceptors (Lipinski definition) is 4. The van der Waals surface area contributed by atoms with Crippen LogP contribution in [0.1, 0.15) is 30.7 Å². The van der Waals surface area contributed by atoms with Crippen LogP contribution in [0.25, 0.3) is 0 Å². The van der Waals surface area contributed by atoms with E-state index < -0.39 is 5.97 Å². The fourth-order valence-corrected chi connectivity index (χ4v) is 3.47. The smallest absolute Gasteiger partial charge is 0.322 e. The predicted octanol–water partition coefficient (Wildman–Crippen LogP) is 2.20. The summed E-state index contributed by atoms with van der Waals surface area (Å²) in [6, 6.07) is 7.97. The Morgan fingerprint density at radius 2 is 2.19 bits per heavy atom. The molecule has 1 unspecified atom stereocenters. The summed E-state index contributed by atoms with van der Waals surface area (Å²) < 4.78 is 5.68. The second kappa shape index (κ2) is 8.51. The van der Waals surface area contributed by atoms with Crippen molar-refractivity contribution in [2.75, 3.05) is 45.2 Å². The van der Waals surface area contributed by atoms with Crippen LogP contribution in [-0.2, 0) is 9.53 Å². The van der Waals surface area contributed by atoms with Gasteiger partial charge in [0.25, 0.3) is 0 Å². The molecule has 1 aromatic rings. The molecule has 26 heavy (non-hydrogen) atoms. The number of carboxylic acid groups (broad SMARTS) is 1. The number of likely N-dealkylation sites (N-methyl/N-ethyl adjacent to an activating group) is 1. The number of nitrogens with zero attached hydrogens (tertiary/aromatic N) is 2. The van der Waals surface area contributed by atoms with E-state index in [1.54, 1.807) is 16.8 Å². The summed E-state index contributed by atoms with van der Waals surface area (Å²) in [6.07, 6.45) is 3.56. The first-order valence-electron chi connectivity index (χ1n) is 9.19. The molecule has 7 nitrogen and oxygen atoms in total. The number of ether oxygens (including phenoxy) is 1. The van der Waals surface area contributed by atoms with Gasteiger partial charge in [-0.05, 0) is 43.5 Å². The number of carboxylic acids is 1. The Morgan fingerprint density at radius 1 is 1.38 bits per heavy atom. The van der Waals surface area contributed by atoms with Gasteiger partial charge in [0, 0.05) is 25.3 Å². The molecule has 1 aliphatic carbocycles. The van der Waals surface area contributed by atoms with Crippen LogP contribution in [0.3, 0.4) is 0 Å². The number of carbonyl (C=O) groups is 2. The van der Waals surface area contributed by atoms with Crippen LogP contribution < -0.4 is 5.32 Å². The number of urea groups is 1. The van der Waals surface area contributed by atoms with Crippen LogP contribution in [0.2, 0.25) is 0 Å². The number of hydrogen-bond donors (Lipinski definition) is 2. The highest BCUT2D eigenvalue weighted by Crippen LogP contribution is 2.37. The number of rotatable bonds is 6. The summed E-state index contributed by atoms with van der Waals surface area (Å²) in [7, 11) is 1.74. The van der Waals surface area contributed by atoms with Crippen LogP contribution >= 0.6 is 0 Å². The largest absolute Gasteiger partial charge is 0.480 e. The van der Waals surface area contributed by atoms with Gasteiger partial charge in [0.1, 0.15) is 0 Å². The Hall–Kier alpha value is -2.12. The first-order chi connectivity index (χ1) is 12.5. The highest BCUT2D eigenvalue weighted by molar-refractivity contribution is 5.89. The monoisotopic (exact) mass is 361 g/mol. The van der Waals surface area contributed by atoms with Gasteiger partial charge in [-0.1, -0.05) is 18.6 Å². The zero-order valence-corrected chi connectivity index (χ0v) is 15.2. The molecule has 0 radical (unpaired) electrons. The number of benzene rings is 1. The maximum Gasteiger partial charge on any atom is 0.322 e. The van der Waals surface area contributed by atoms with E-state index in [0.717, 1.165) is 5.69 Å². The molecule has 2 aliphatic rings. The molecule has 2 amide bonds. The molecule has 1 atom stereocenters. The summed E-state index contributed by atoms with van der Waals surface area (Å²) in [5, 5.41) is 11.8. The summed E-state index contributed by atoms with van der Waals surface area (Å²) >= 11 is 0. The Balaban J connectivity index is 1.53. The number of nitrogens with one attached hydrogen (secondary N) is 1. The first kappa shape index (κ1) is 18.7. The molecule has 0 aromatic heterocycles. The average Bonchev–Trinajstić information content (AvgIpc) is 2.53. The highest BCUT2D eigenvalue weighted by atomic mass is 16.5. The number of aliphatic carboxylic acids is 1. The van der Waals surface area contributed by atoms with Crippen molar-refractivity contribution in [1.82, 2.24) is 9.80 Å². The molecule has 3 rings (SSSR count). The van der Waals surface area contributed by atoms with Gasteiger partial charge in [-0.2, -0.15) is 0 Å². The normalized spacial score (nSPS) is 20.7. The van der Waals surface area contributed by atoms with Crippen molar-refractivity contribution < 1.29 is 19.4 Å². The third-order valence-corrected chi connectivity index (χ3v) is 5.06. The topological polar surface area (TPSA) is 82.1 Å². The minimum atomic E-state index is -0.871. The van der Waals surface area contributed by atoms with E-state index in [1.807, 2.05) is 12.1 Å². The summed E-state index contributed by atoms with van der Waals surface area (Å²) in [5.41, 5.74) is 2.12. The van der Waals surface area contributed by atoms with E-state index in [0.29, 0.717) is 32.2 Å². The molecule has 0 bridgehead atoms. The van der Waals surface area contributed by atoms with E-state index >= 15 is 0 Å². The fourth-order valence-electron chi connectivity index (χ4n) is 3.47. The van der Waals surface area contributed by atoms with Crippen LogP contribution in [0.5, 0.6) is 0 Å². The minimum Gasteiger partial charge on any atom is -0.480 e. The van der Waals surface area contributed by atoms with Gasteiger partial charge in [0.05, 0.1) is 19.3 Å². The SMILES string of the molecule is CN(CC(=O)O)CC1CN(C(=O)Nc2cccc(C3CCC3)c2)CCO1.